The Balaban J connectivity index is 0.000000782. The highest BCUT2D eigenvalue weighted by Gasteiger charge is 2.39. The highest BCUT2D eigenvalue weighted by Crippen LogP contribution is 2.40. The topological polar surface area (TPSA) is 392 Å². The van der Waals surface area contributed by atoms with Gasteiger partial charge in [-0.2, -0.15) is 0 Å². The SMILES string of the molecule is CC(C)[C@@H]1CC[C@@H](C)C[C@@H]1NC(=O)NCCCO.CC(C)[C@H]1CC[C@H](C)C[C@H]1NC(=O)NCCCO.CCOC(=O)CC(C)NC(=O)N[C@H]1C[C@H](C)CC[C@H]1C(C)C.COCC(C)NC(=O)N[C@@H]1C[C@@H](C)CC[C@@H]1C(C)C.COCC(C)NC(=O)N[C@H]1C[C@H](C)CC[C@H]1C(C)C.COCCCNC(=O)N[C@@H]1C[C@@H](C)CC[C@@H]1C(C)C.COCCCNC(=O)N[C@H]1C[C@H](C)CC[C@H]1C(C)C. The quantitative estimate of drug-likeness (QED) is 0.0202. The van der Waals surface area contributed by atoms with Crippen LogP contribution in [0.1, 0.15) is 340 Å². The van der Waals surface area contributed by atoms with Gasteiger partial charge in [-0.1, -0.05) is 190 Å². The Morgan fingerprint density at radius 3 is 0.649 bits per heavy atom. The molecule has 0 aromatic carbocycles. The first-order valence-corrected chi connectivity index (χ1v) is 53.1. The minimum absolute atomic E-state index is 0.0270. The molecule has 7 rings (SSSR count). The van der Waals surface area contributed by atoms with Crippen LogP contribution >= 0.6 is 0 Å². The Morgan fingerprint density at radius 1 is 0.276 bits per heavy atom. The zero-order chi connectivity index (χ0) is 101. The van der Waals surface area contributed by atoms with E-state index >= 15 is 0 Å². The lowest BCUT2D eigenvalue weighted by molar-refractivity contribution is -0.143. The molecular weight excluding hydrogens is 1700 g/mol. The first-order chi connectivity index (χ1) is 63.4. The summed E-state index contributed by atoms with van der Waals surface area (Å²) in [7, 11) is 6.65. The van der Waals surface area contributed by atoms with Crippen molar-refractivity contribution >= 4 is 48.2 Å². The maximum absolute atomic E-state index is 12.2. The Kier molecular flexibility index (Phi) is 68.1. The fourth-order valence-electron chi connectivity index (χ4n) is 21.3. The van der Waals surface area contributed by atoms with Crippen LogP contribution in [0.4, 0.5) is 33.6 Å². The van der Waals surface area contributed by atoms with E-state index in [1.807, 2.05) is 20.8 Å². The molecule has 0 heterocycles. The van der Waals surface area contributed by atoms with Gasteiger partial charge in [0.2, 0.25) is 0 Å². The molecule has 7 aliphatic rings. The summed E-state index contributed by atoms with van der Waals surface area (Å²) < 4.78 is 24.9. The van der Waals surface area contributed by atoms with Crippen LogP contribution in [0.3, 0.4) is 0 Å². The number of methoxy groups -OCH3 is 4. The second-order valence-electron chi connectivity index (χ2n) is 44.0. The standard InChI is InChI=1S/C17H32N2O3.4C15H30N2O2.2C14H28N2O2/c1-6-22-16(20)10-13(5)18-17(21)19-15-9-12(4)7-8-14(15)11(2)3;2*1-10(2)13-7-6-11(3)8-14(13)17-15(18)16-12(4)9-19-5;2*1-11(2)13-7-6-12(3)10-14(13)17-15(18)16-8-5-9-19-4;2*1-10(2)12-6-5-11(3)9-13(12)16-14(18)15-7-4-8-17/h11-15H,6-10H2,1-5H3,(H2,18,19,21);2*10-14H,6-9H2,1-5H3,(H2,16,17,18);2*11-14H,5-10H2,1-4H3,(H2,16,17,18);2*10-13,17H,4-9H2,1-3H3,(H2,15,16,18)/t12-,13?,14+,15+;2*11-,12?,13+,14+;2*12-,13+,14+;2*11-,12+,13+/m1101010/s1. The van der Waals surface area contributed by atoms with E-state index in [2.05, 4.69) is 220 Å². The molecule has 134 heavy (non-hydrogen) atoms. The predicted molar refractivity (Wildman–Crippen MR) is 547 cm³/mol. The van der Waals surface area contributed by atoms with Crippen molar-refractivity contribution in [2.75, 3.05) is 101 Å². The molecule has 788 valence electrons. The monoisotopic (exact) mass is 1910 g/mol. The number of hydrogen-bond donors (Lipinski definition) is 16. The van der Waals surface area contributed by atoms with Crippen molar-refractivity contribution in [3.8, 4) is 0 Å². The normalized spacial score (nSPS) is 27.9. The van der Waals surface area contributed by atoms with Gasteiger partial charge in [0.05, 0.1) is 38.3 Å². The van der Waals surface area contributed by atoms with Gasteiger partial charge in [0.1, 0.15) is 0 Å². The van der Waals surface area contributed by atoms with Gasteiger partial charge in [-0.05, 0) is 268 Å². The molecule has 7 saturated carbocycles. The minimum atomic E-state index is -0.276. The minimum Gasteiger partial charge on any atom is -0.466 e. The second-order valence-corrected chi connectivity index (χ2v) is 44.0. The fraction of sp³-hybridized carbons (Fsp3) is 0.924. The van der Waals surface area contributed by atoms with Gasteiger partial charge in [0.15, 0.2) is 0 Å². The number of hydrogen-bond acceptors (Lipinski definition) is 15. The van der Waals surface area contributed by atoms with E-state index in [9.17, 15) is 38.4 Å². The van der Waals surface area contributed by atoms with Gasteiger partial charge in [-0.15, -0.1) is 0 Å². The van der Waals surface area contributed by atoms with E-state index in [1.54, 1.807) is 35.4 Å². The van der Waals surface area contributed by atoms with E-state index < -0.39 is 0 Å². The Hall–Kier alpha value is -5.88. The van der Waals surface area contributed by atoms with Crippen LogP contribution in [0.25, 0.3) is 0 Å². The molecule has 3 unspecified atom stereocenters. The number of urea groups is 7. The molecule has 24 atom stereocenters. The van der Waals surface area contributed by atoms with Crippen LogP contribution in [0, 0.1) is 124 Å². The smallest absolute Gasteiger partial charge is 0.315 e. The van der Waals surface area contributed by atoms with E-state index in [1.165, 1.54) is 89.9 Å². The van der Waals surface area contributed by atoms with Crippen molar-refractivity contribution in [3.05, 3.63) is 0 Å². The van der Waals surface area contributed by atoms with E-state index in [-0.39, 0.29) is 92.0 Å². The third-order valence-corrected chi connectivity index (χ3v) is 29.0. The molecule has 7 fully saturated rings. The summed E-state index contributed by atoms with van der Waals surface area (Å²) in [5.74, 6) is 13.0. The molecule has 7 aliphatic carbocycles. The summed E-state index contributed by atoms with van der Waals surface area (Å²) in [6.07, 6.45) is 28.1. The summed E-state index contributed by atoms with van der Waals surface area (Å²) in [6.45, 7) is 60.3. The number of ether oxygens (including phenoxy) is 5. The van der Waals surface area contributed by atoms with E-state index in [4.69, 9.17) is 33.9 Å². The summed E-state index contributed by atoms with van der Waals surface area (Å²) in [6, 6.07) is 1.40. The lowest BCUT2D eigenvalue weighted by atomic mass is 9.74. The highest BCUT2D eigenvalue weighted by molar-refractivity contribution is 5.78. The predicted octanol–water partition coefficient (Wildman–Crippen LogP) is 18.5. The number of amides is 14. The summed E-state index contributed by atoms with van der Waals surface area (Å²) in [5, 5.41) is 59.5. The van der Waals surface area contributed by atoms with Gasteiger partial charge in [0, 0.05) is 129 Å². The van der Waals surface area contributed by atoms with Crippen molar-refractivity contribution in [1.82, 2.24) is 74.4 Å². The zero-order valence-corrected chi connectivity index (χ0v) is 90.3. The van der Waals surface area contributed by atoms with Crippen molar-refractivity contribution in [2.45, 2.75) is 400 Å². The average molecular weight is 1910 g/mol. The fourth-order valence-corrected chi connectivity index (χ4v) is 21.3. The van der Waals surface area contributed by atoms with E-state index in [0.29, 0.717) is 233 Å². The Morgan fingerprint density at radius 2 is 0.470 bits per heavy atom. The number of carbonyl (C=O) groups is 8. The number of carbonyl (C=O) groups excluding carboxylic acids is 8. The summed E-state index contributed by atoms with van der Waals surface area (Å²) in [4.78, 5) is 94.9. The maximum atomic E-state index is 12.2. The molecule has 0 bridgehead atoms. The number of aliphatic hydroxyl groups is 2. The highest BCUT2D eigenvalue weighted by atomic mass is 16.5. The van der Waals surface area contributed by atoms with Crippen LogP contribution in [0.2, 0.25) is 0 Å². The van der Waals surface area contributed by atoms with Crippen molar-refractivity contribution < 1.29 is 72.3 Å². The molecular formula is C105H208N14O15. The molecule has 0 aromatic heterocycles. The van der Waals surface area contributed by atoms with Crippen LogP contribution in [-0.4, -0.2) is 220 Å². The number of esters is 1. The second kappa shape index (κ2) is 72.4. The number of rotatable bonds is 38. The van der Waals surface area contributed by atoms with Crippen molar-refractivity contribution in [2.24, 2.45) is 124 Å². The van der Waals surface area contributed by atoms with Crippen LogP contribution < -0.4 is 74.4 Å². The van der Waals surface area contributed by atoms with Crippen LogP contribution in [0.5, 0.6) is 0 Å². The van der Waals surface area contributed by atoms with Gasteiger partial charge in [0.25, 0.3) is 0 Å². The Labute approximate surface area is 816 Å². The van der Waals surface area contributed by atoms with Gasteiger partial charge >= 0.3 is 48.2 Å². The Bertz CT molecular complexity index is 2930. The van der Waals surface area contributed by atoms with Gasteiger partial charge < -0.3 is 108 Å². The lowest BCUT2D eigenvalue weighted by Gasteiger charge is -2.38. The zero-order valence-electron chi connectivity index (χ0n) is 90.3. The van der Waals surface area contributed by atoms with Crippen molar-refractivity contribution in [3.63, 3.8) is 0 Å². The molecule has 29 nitrogen and oxygen atoms in total. The maximum Gasteiger partial charge on any atom is 0.315 e. The molecule has 0 saturated heterocycles. The average Bonchev–Trinajstić information content (AvgIpc) is 0.825. The van der Waals surface area contributed by atoms with Gasteiger partial charge in [-0.3, -0.25) is 4.79 Å². The lowest BCUT2D eigenvalue weighted by Crippen LogP contribution is -2.51. The number of nitrogens with one attached hydrogen (secondary N) is 14. The molecule has 0 spiro atoms. The largest absolute Gasteiger partial charge is 0.466 e. The molecule has 0 aliphatic heterocycles. The number of aliphatic hydroxyl groups excluding tert-OH is 2. The summed E-state index contributed by atoms with van der Waals surface area (Å²) in [5.41, 5.74) is 0. The molecule has 14 amide bonds. The third kappa shape index (κ3) is 55.8. The molecule has 29 heteroatoms. The molecule has 0 aromatic rings. The van der Waals surface area contributed by atoms with Gasteiger partial charge in [-0.25, -0.2) is 33.6 Å². The first-order valence-electron chi connectivity index (χ1n) is 53.1. The van der Waals surface area contributed by atoms with Crippen molar-refractivity contribution in [1.29, 1.82) is 0 Å². The molecule has 0 radical (unpaired) electrons. The summed E-state index contributed by atoms with van der Waals surface area (Å²) >= 11 is 0. The molecule has 16 N–H and O–H groups in total. The van der Waals surface area contributed by atoms with Crippen LogP contribution in [-0.2, 0) is 28.5 Å². The third-order valence-electron chi connectivity index (χ3n) is 29.0. The van der Waals surface area contributed by atoms with Crippen LogP contribution in [0.15, 0.2) is 0 Å². The van der Waals surface area contributed by atoms with E-state index in [0.717, 1.165) is 57.8 Å². The first kappa shape index (κ1) is 126.